The van der Waals surface area contributed by atoms with Crippen LogP contribution < -0.4 is 5.32 Å². The quantitative estimate of drug-likeness (QED) is 0.801. The van der Waals surface area contributed by atoms with Gasteiger partial charge in [0, 0.05) is 44.1 Å². The molecule has 0 spiro atoms. The van der Waals surface area contributed by atoms with Crippen molar-refractivity contribution in [2.75, 3.05) is 6.54 Å². The van der Waals surface area contributed by atoms with Gasteiger partial charge in [0.25, 0.3) is 0 Å². The van der Waals surface area contributed by atoms with Gasteiger partial charge in [-0.2, -0.15) is 4.31 Å². The molecule has 1 unspecified atom stereocenters. The molecule has 0 amide bonds. The van der Waals surface area contributed by atoms with Crippen LogP contribution in [0.2, 0.25) is 0 Å². The summed E-state index contributed by atoms with van der Waals surface area (Å²) >= 11 is 0. The van der Waals surface area contributed by atoms with E-state index in [1.165, 1.54) is 0 Å². The lowest BCUT2D eigenvalue weighted by molar-refractivity contribution is 0.342. The molecule has 1 atom stereocenters. The van der Waals surface area contributed by atoms with E-state index in [4.69, 9.17) is 0 Å². The lowest BCUT2D eigenvalue weighted by Crippen LogP contribution is -2.37. The molecule has 1 N–H and O–H groups in total. The first kappa shape index (κ1) is 18.2. The number of aromatic nitrogens is 1. The predicted molar refractivity (Wildman–Crippen MR) is 86.7 cm³/mol. The SMILES string of the molecule is CCC(C)N(CC)S(=O)(=O)c1cc(CNC(C)C)n(C)c1. The molecule has 0 saturated carbocycles. The first-order valence-electron chi connectivity index (χ1n) is 7.64. The predicted octanol–water partition coefficient (Wildman–Crippen LogP) is 2.33. The van der Waals surface area contributed by atoms with E-state index in [0.29, 0.717) is 24.0 Å². The third-order valence-corrected chi connectivity index (χ3v) is 5.83. The van der Waals surface area contributed by atoms with E-state index in [-0.39, 0.29) is 6.04 Å². The first-order valence-corrected chi connectivity index (χ1v) is 9.08. The van der Waals surface area contributed by atoms with Gasteiger partial charge in [0.05, 0.1) is 0 Å². The maximum atomic E-state index is 12.8. The first-order chi connectivity index (χ1) is 9.73. The number of hydrogen-bond donors (Lipinski definition) is 1. The third kappa shape index (κ3) is 4.31. The molecule has 0 aliphatic heterocycles. The fourth-order valence-corrected chi connectivity index (χ4v) is 4.07. The average Bonchev–Trinajstić information content (AvgIpc) is 2.78. The minimum absolute atomic E-state index is 0.0115. The molecule has 0 bridgehead atoms. The van der Waals surface area contributed by atoms with E-state index in [1.807, 2.05) is 32.4 Å². The standard InChI is InChI=1S/C15H29N3O2S/c1-7-13(5)18(8-2)21(19,20)15-9-14(17(6)11-15)10-16-12(3)4/h9,11-13,16H,7-8,10H2,1-6H3. The topological polar surface area (TPSA) is 54.3 Å². The zero-order valence-electron chi connectivity index (χ0n) is 14.0. The normalized spacial score (nSPS) is 14.1. The van der Waals surface area contributed by atoms with Gasteiger partial charge in [0.15, 0.2) is 0 Å². The molecule has 6 heteroatoms. The minimum Gasteiger partial charge on any atom is -0.352 e. The van der Waals surface area contributed by atoms with E-state index >= 15 is 0 Å². The number of sulfonamides is 1. The van der Waals surface area contributed by atoms with Crippen LogP contribution in [0.25, 0.3) is 0 Å². The summed E-state index contributed by atoms with van der Waals surface area (Å²) in [7, 11) is -1.53. The highest BCUT2D eigenvalue weighted by Gasteiger charge is 2.28. The highest BCUT2D eigenvalue weighted by Crippen LogP contribution is 2.21. The summed E-state index contributed by atoms with van der Waals surface area (Å²) in [4.78, 5) is 0.382. The van der Waals surface area contributed by atoms with Crippen molar-refractivity contribution < 1.29 is 8.42 Å². The number of hydrogen-bond acceptors (Lipinski definition) is 3. The molecular formula is C15H29N3O2S. The van der Waals surface area contributed by atoms with Crippen molar-refractivity contribution in [3.8, 4) is 0 Å². The van der Waals surface area contributed by atoms with E-state index < -0.39 is 10.0 Å². The van der Waals surface area contributed by atoms with Gasteiger partial charge < -0.3 is 9.88 Å². The second-order valence-corrected chi connectivity index (χ2v) is 7.67. The van der Waals surface area contributed by atoms with Crippen molar-refractivity contribution in [3.05, 3.63) is 18.0 Å². The smallest absolute Gasteiger partial charge is 0.244 e. The molecule has 1 aromatic heterocycles. The van der Waals surface area contributed by atoms with Crippen molar-refractivity contribution in [2.24, 2.45) is 7.05 Å². The third-order valence-electron chi connectivity index (χ3n) is 3.77. The summed E-state index contributed by atoms with van der Waals surface area (Å²) in [6, 6.07) is 2.15. The summed E-state index contributed by atoms with van der Waals surface area (Å²) in [6.45, 7) is 11.1. The molecule has 0 radical (unpaired) electrons. The zero-order valence-corrected chi connectivity index (χ0v) is 14.9. The Bertz CT molecular complexity index is 549. The van der Waals surface area contributed by atoms with Crippen LogP contribution in [0.3, 0.4) is 0 Å². The second-order valence-electron chi connectivity index (χ2n) is 5.78. The second kappa shape index (κ2) is 7.42. The Kier molecular flexibility index (Phi) is 6.43. The van der Waals surface area contributed by atoms with Crippen LogP contribution in [-0.4, -0.2) is 35.9 Å². The van der Waals surface area contributed by atoms with E-state index in [0.717, 1.165) is 12.1 Å². The fraction of sp³-hybridized carbons (Fsp3) is 0.733. The lowest BCUT2D eigenvalue weighted by atomic mass is 10.3. The monoisotopic (exact) mass is 315 g/mol. The Morgan fingerprint density at radius 3 is 2.38 bits per heavy atom. The van der Waals surface area contributed by atoms with Crippen LogP contribution >= 0.6 is 0 Å². The van der Waals surface area contributed by atoms with Crippen LogP contribution in [0, 0.1) is 0 Å². The molecule has 1 aromatic rings. The van der Waals surface area contributed by atoms with E-state index in [1.54, 1.807) is 16.6 Å². The molecule has 21 heavy (non-hydrogen) atoms. The lowest BCUT2D eigenvalue weighted by Gasteiger charge is -2.25. The number of nitrogens with zero attached hydrogens (tertiary/aromatic N) is 2. The molecule has 0 saturated heterocycles. The Morgan fingerprint density at radius 2 is 1.90 bits per heavy atom. The summed E-state index contributed by atoms with van der Waals surface area (Å²) < 4.78 is 29.0. The minimum atomic E-state index is -3.42. The molecule has 0 aliphatic rings. The van der Waals surface area contributed by atoms with Gasteiger partial charge >= 0.3 is 0 Å². The zero-order chi connectivity index (χ0) is 16.2. The highest BCUT2D eigenvalue weighted by atomic mass is 32.2. The van der Waals surface area contributed by atoms with Crippen LogP contribution in [0.4, 0.5) is 0 Å². The number of aryl methyl sites for hydroxylation is 1. The number of nitrogens with one attached hydrogen (secondary N) is 1. The van der Waals surface area contributed by atoms with E-state index in [9.17, 15) is 8.42 Å². The van der Waals surface area contributed by atoms with Crippen molar-refractivity contribution >= 4 is 10.0 Å². The maximum absolute atomic E-state index is 12.8. The summed E-state index contributed by atoms with van der Waals surface area (Å²) in [6.07, 6.45) is 2.51. The molecular weight excluding hydrogens is 286 g/mol. The molecule has 5 nitrogen and oxygen atoms in total. The Morgan fingerprint density at radius 1 is 1.29 bits per heavy atom. The molecule has 0 aromatic carbocycles. The molecule has 1 heterocycles. The summed E-state index contributed by atoms with van der Waals surface area (Å²) in [5.74, 6) is 0. The van der Waals surface area contributed by atoms with Crippen LogP contribution in [-0.2, 0) is 23.6 Å². The van der Waals surface area contributed by atoms with Gasteiger partial charge in [-0.15, -0.1) is 0 Å². The molecule has 0 fully saturated rings. The van der Waals surface area contributed by atoms with Gasteiger partial charge in [-0.05, 0) is 19.4 Å². The van der Waals surface area contributed by atoms with E-state index in [2.05, 4.69) is 19.2 Å². The molecule has 0 aliphatic carbocycles. The number of rotatable bonds is 8. The van der Waals surface area contributed by atoms with Crippen molar-refractivity contribution in [2.45, 2.75) is 64.6 Å². The Balaban J connectivity index is 3.06. The molecule has 122 valence electrons. The van der Waals surface area contributed by atoms with Crippen LogP contribution in [0.15, 0.2) is 17.2 Å². The van der Waals surface area contributed by atoms with Crippen LogP contribution in [0.1, 0.15) is 46.7 Å². The van der Waals surface area contributed by atoms with Crippen molar-refractivity contribution in [1.82, 2.24) is 14.2 Å². The highest BCUT2D eigenvalue weighted by molar-refractivity contribution is 7.89. The molecule has 1 rings (SSSR count). The average molecular weight is 315 g/mol. The maximum Gasteiger partial charge on any atom is 0.244 e. The Labute approximate surface area is 129 Å². The van der Waals surface area contributed by atoms with Crippen molar-refractivity contribution in [1.29, 1.82) is 0 Å². The van der Waals surface area contributed by atoms with Crippen molar-refractivity contribution in [3.63, 3.8) is 0 Å². The summed E-state index contributed by atoms with van der Waals surface area (Å²) in [5.41, 5.74) is 0.975. The largest absolute Gasteiger partial charge is 0.352 e. The summed E-state index contributed by atoms with van der Waals surface area (Å²) in [5, 5.41) is 3.32. The van der Waals surface area contributed by atoms with Gasteiger partial charge in [0.1, 0.15) is 4.90 Å². The fourth-order valence-electron chi connectivity index (χ4n) is 2.26. The van der Waals surface area contributed by atoms with Crippen LogP contribution in [0.5, 0.6) is 0 Å². The van der Waals surface area contributed by atoms with Gasteiger partial charge in [-0.25, -0.2) is 8.42 Å². The van der Waals surface area contributed by atoms with Gasteiger partial charge in [-0.3, -0.25) is 0 Å². The Hall–Kier alpha value is -0.850. The van der Waals surface area contributed by atoms with Gasteiger partial charge in [-0.1, -0.05) is 27.7 Å². The van der Waals surface area contributed by atoms with Gasteiger partial charge in [0.2, 0.25) is 10.0 Å².